The van der Waals surface area contributed by atoms with E-state index in [4.69, 9.17) is 4.74 Å². The van der Waals surface area contributed by atoms with Gasteiger partial charge in [-0.2, -0.15) is 0 Å². The minimum Gasteiger partial charge on any atom is -0.381 e. The lowest BCUT2D eigenvalue weighted by atomic mass is 9.95. The molecule has 2 aliphatic rings. The van der Waals surface area contributed by atoms with Gasteiger partial charge in [0, 0.05) is 20.2 Å². The first-order valence-electron chi connectivity index (χ1n) is 8.98. The van der Waals surface area contributed by atoms with E-state index in [1.807, 2.05) is 43.3 Å². The monoisotopic (exact) mass is 372 g/mol. The van der Waals surface area contributed by atoms with E-state index in [1.54, 1.807) is 13.1 Å². The van der Waals surface area contributed by atoms with Crippen molar-refractivity contribution in [1.82, 2.24) is 5.32 Å². The third-order valence-corrected chi connectivity index (χ3v) is 7.17. The Labute approximate surface area is 155 Å². The minimum atomic E-state index is -3.59. The molecule has 1 saturated heterocycles. The van der Waals surface area contributed by atoms with E-state index >= 15 is 0 Å². The molecule has 2 aromatic rings. The largest absolute Gasteiger partial charge is 0.381 e. The van der Waals surface area contributed by atoms with Gasteiger partial charge in [0.05, 0.1) is 23.2 Å². The summed E-state index contributed by atoms with van der Waals surface area (Å²) >= 11 is 0. The lowest BCUT2D eigenvalue weighted by Gasteiger charge is -2.23. The highest BCUT2D eigenvalue weighted by Crippen LogP contribution is 2.40. The number of aryl methyl sites for hydroxylation is 1. The molecule has 0 bridgehead atoms. The molecule has 0 aliphatic carbocycles. The number of ether oxygens (including phenoxy) is 1. The molecule has 2 aromatic carbocycles. The van der Waals surface area contributed by atoms with Crippen LogP contribution in [0.1, 0.15) is 29.2 Å². The normalized spacial score (nSPS) is 24.0. The van der Waals surface area contributed by atoms with Crippen molar-refractivity contribution in [2.45, 2.75) is 24.3 Å². The molecule has 26 heavy (non-hydrogen) atoms. The summed E-state index contributed by atoms with van der Waals surface area (Å²) in [4.78, 5) is 0.386. The van der Waals surface area contributed by atoms with Crippen LogP contribution in [0.2, 0.25) is 0 Å². The summed E-state index contributed by atoms with van der Waals surface area (Å²) in [6.07, 6.45) is 1.04. The lowest BCUT2D eigenvalue weighted by Crippen LogP contribution is -2.29. The maximum atomic E-state index is 13.2. The molecule has 0 amide bonds. The van der Waals surface area contributed by atoms with E-state index in [-0.39, 0.29) is 6.04 Å². The van der Waals surface area contributed by atoms with E-state index in [2.05, 4.69) is 5.32 Å². The van der Waals surface area contributed by atoms with Crippen LogP contribution in [0.5, 0.6) is 0 Å². The molecule has 2 unspecified atom stereocenters. The topological polar surface area (TPSA) is 58.6 Å². The van der Waals surface area contributed by atoms with Crippen LogP contribution in [0.4, 0.5) is 5.69 Å². The molecular weight excluding hydrogens is 348 g/mol. The zero-order valence-corrected chi connectivity index (χ0v) is 15.9. The molecule has 5 nitrogen and oxygen atoms in total. The average molecular weight is 372 g/mol. The Hall–Kier alpha value is -1.89. The maximum absolute atomic E-state index is 13.2. The molecule has 2 aliphatic heterocycles. The second-order valence-electron chi connectivity index (χ2n) is 7.14. The van der Waals surface area contributed by atoms with E-state index in [9.17, 15) is 8.42 Å². The number of anilines is 1. The van der Waals surface area contributed by atoms with Crippen LogP contribution in [-0.2, 0) is 14.8 Å². The minimum absolute atomic E-state index is 0.165. The van der Waals surface area contributed by atoms with E-state index in [1.165, 1.54) is 4.31 Å². The highest BCUT2D eigenvalue weighted by Gasteiger charge is 2.35. The van der Waals surface area contributed by atoms with Gasteiger partial charge in [-0.25, -0.2) is 8.42 Å². The smallest absolute Gasteiger partial charge is 0.264 e. The zero-order valence-electron chi connectivity index (χ0n) is 15.1. The summed E-state index contributed by atoms with van der Waals surface area (Å²) in [6.45, 7) is 4.29. The van der Waals surface area contributed by atoms with Gasteiger partial charge < -0.3 is 10.1 Å². The fraction of sp³-hybridized carbons (Fsp3) is 0.400. The van der Waals surface area contributed by atoms with Gasteiger partial charge in [-0.3, -0.25) is 4.31 Å². The number of hydrogen-bond acceptors (Lipinski definition) is 4. The maximum Gasteiger partial charge on any atom is 0.264 e. The summed E-state index contributed by atoms with van der Waals surface area (Å²) in [6, 6.07) is 13.3. The Bertz CT molecular complexity index is 920. The summed E-state index contributed by atoms with van der Waals surface area (Å²) in [7, 11) is -1.96. The summed E-state index contributed by atoms with van der Waals surface area (Å²) < 4.78 is 33.3. The molecule has 138 valence electrons. The summed E-state index contributed by atoms with van der Waals surface area (Å²) in [5, 5.41) is 3.62. The highest BCUT2D eigenvalue weighted by molar-refractivity contribution is 7.92. The van der Waals surface area contributed by atoms with Gasteiger partial charge in [0.15, 0.2) is 0 Å². The average Bonchev–Trinajstić information content (AvgIpc) is 3.14. The predicted molar refractivity (Wildman–Crippen MR) is 102 cm³/mol. The number of nitrogens with zero attached hydrogens (tertiary/aromatic N) is 1. The molecule has 2 atom stereocenters. The van der Waals surface area contributed by atoms with Crippen molar-refractivity contribution in [3.8, 4) is 0 Å². The molecule has 0 spiro atoms. The predicted octanol–water partition coefficient (Wildman–Crippen LogP) is 2.85. The van der Waals surface area contributed by atoms with E-state index in [0.29, 0.717) is 10.8 Å². The Kier molecular flexibility index (Phi) is 4.50. The van der Waals surface area contributed by atoms with Crippen LogP contribution in [0.15, 0.2) is 47.4 Å². The van der Waals surface area contributed by atoms with Crippen molar-refractivity contribution < 1.29 is 13.2 Å². The van der Waals surface area contributed by atoms with Gasteiger partial charge in [-0.05, 0) is 48.1 Å². The molecule has 0 saturated carbocycles. The third-order valence-electron chi connectivity index (χ3n) is 5.34. The van der Waals surface area contributed by atoms with Crippen LogP contribution >= 0.6 is 0 Å². The van der Waals surface area contributed by atoms with Crippen molar-refractivity contribution in [3.05, 3.63) is 59.2 Å². The second kappa shape index (κ2) is 6.68. The van der Waals surface area contributed by atoms with Crippen LogP contribution in [0.3, 0.4) is 0 Å². The van der Waals surface area contributed by atoms with Crippen LogP contribution in [-0.4, -0.2) is 35.2 Å². The first-order valence-corrected chi connectivity index (χ1v) is 10.4. The van der Waals surface area contributed by atoms with Crippen molar-refractivity contribution >= 4 is 15.7 Å². The highest BCUT2D eigenvalue weighted by atomic mass is 32.2. The van der Waals surface area contributed by atoms with Gasteiger partial charge in [-0.15, -0.1) is 0 Å². The molecule has 6 heteroatoms. The van der Waals surface area contributed by atoms with Crippen LogP contribution < -0.4 is 9.62 Å². The van der Waals surface area contributed by atoms with Crippen LogP contribution in [0.25, 0.3) is 0 Å². The Morgan fingerprint density at radius 1 is 1.19 bits per heavy atom. The number of para-hydroxylation sites is 1. The van der Waals surface area contributed by atoms with E-state index in [0.717, 1.165) is 48.6 Å². The first-order chi connectivity index (χ1) is 12.5. The Morgan fingerprint density at radius 2 is 2.00 bits per heavy atom. The molecule has 0 radical (unpaired) electrons. The SMILES string of the molecule is Cc1ccc2c(c1)S(=O)(=O)N(C)c1ccccc1C2NCC1CCOC1. The fourth-order valence-electron chi connectivity index (χ4n) is 3.82. The van der Waals surface area contributed by atoms with Crippen molar-refractivity contribution in [3.63, 3.8) is 0 Å². The summed E-state index contributed by atoms with van der Waals surface area (Å²) in [5.41, 5.74) is 3.46. The lowest BCUT2D eigenvalue weighted by molar-refractivity contribution is 0.185. The number of nitrogens with one attached hydrogen (secondary N) is 1. The Morgan fingerprint density at radius 3 is 2.77 bits per heavy atom. The number of fused-ring (bicyclic) bond motifs is 2. The quantitative estimate of drug-likeness (QED) is 0.900. The fourth-order valence-corrected chi connectivity index (χ4v) is 5.35. The summed E-state index contributed by atoms with van der Waals surface area (Å²) in [5.74, 6) is 0.466. The van der Waals surface area contributed by atoms with E-state index < -0.39 is 10.0 Å². The zero-order chi connectivity index (χ0) is 18.3. The van der Waals surface area contributed by atoms with Gasteiger partial charge in [0.1, 0.15) is 0 Å². The molecule has 1 N–H and O–H groups in total. The molecule has 4 rings (SSSR count). The number of rotatable bonds is 3. The van der Waals surface area contributed by atoms with Crippen LogP contribution in [0, 0.1) is 12.8 Å². The van der Waals surface area contributed by atoms with Crippen molar-refractivity contribution in [2.75, 3.05) is 31.1 Å². The van der Waals surface area contributed by atoms with Gasteiger partial charge in [0.2, 0.25) is 0 Å². The number of benzene rings is 2. The molecule has 2 heterocycles. The first kappa shape index (κ1) is 17.5. The van der Waals surface area contributed by atoms with Crippen molar-refractivity contribution in [2.24, 2.45) is 5.92 Å². The molecule has 0 aromatic heterocycles. The Balaban J connectivity index is 1.85. The molecule has 1 fully saturated rings. The van der Waals surface area contributed by atoms with Gasteiger partial charge >= 0.3 is 0 Å². The second-order valence-corrected chi connectivity index (χ2v) is 9.08. The third kappa shape index (κ3) is 2.92. The van der Waals surface area contributed by atoms with Gasteiger partial charge in [-0.1, -0.05) is 30.3 Å². The number of hydrogen-bond donors (Lipinski definition) is 1. The standard InChI is InChI=1S/C20H24N2O3S/c1-14-7-8-17-19(11-14)26(23,24)22(2)18-6-4-3-5-16(18)20(17)21-12-15-9-10-25-13-15/h3-8,11,15,20-21H,9-10,12-13H2,1-2H3. The number of sulfonamides is 1. The molecular formula is C20H24N2O3S. The van der Waals surface area contributed by atoms with Gasteiger partial charge in [0.25, 0.3) is 10.0 Å². The van der Waals surface area contributed by atoms with Crippen molar-refractivity contribution in [1.29, 1.82) is 0 Å².